The summed E-state index contributed by atoms with van der Waals surface area (Å²) in [5.41, 5.74) is 3.07. The molecule has 1 saturated heterocycles. The van der Waals surface area contributed by atoms with E-state index in [2.05, 4.69) is 9.07 Å². The number of hydrazine groups is 1. The zero-order valence-electron chi connectivity index (χ0n) is 3.12. The summed E-state index contributed by atoms with van der Waals surface area (Å²) in [5.74, 6) is 0. The van der Waals surface area contributed by atoms with E-state index in [1.165, 1.54) is 11.0 Å². The van der Waals surface area contributed by atoms with Crippen LogP contribution in [0.25, 0.3) is 0 Å². The van der Waals surface area contributed by atoms with E-state index in [9.17, 15) is 0 Å². The maximum absolute atomic E-state index is 3.18. The number of hydrogen-bond acceptors (Lipinski definition) is 2. The van der Waals surface area contributed by atoms with Gasteiger partial charge < -0.3 is 0 Å². The molecule has 0 spiro atoms. The molecular weight excluding hydrogens is 171 g/mol. The van der Waals surface area contributed by atoms with Crippen LogP contribution in [0.2, 0.25) is 4.44 Å². The molecule has 3 heteroatoms. The van der Waals surface area contributed by atoms with Crippen molar-refractivity contribution in [3.63, 3.8) is 0 Å². The van der Waals surface area contributed by atoms with Crippen molar-refractivity contribution in [3.05, 3.63) is 0 Å². The molecule has 0 aromatic heterocycles. The van der Waals surface area contributed by atoms with E-state index in [0.717, 1.165) is 0 Å². The first-order valence-electron chi connectivity index (χ1n) is 1.96. The van der Waals surface area contributed by atoms with E-state index in [1.54, 1.807) is 0 Å². The minimum absolute atomic E-state index is 0.308. The molecular formula is C2H8N2Sn. The van der Waals surface area contributed by atoms with Crippen molar-refractivity contribution < 1.29 is 0 Å². The van der Waals surface area contributed by atoms with Gasteiger partial charge in [0.1, 0.15) is 0 Å². The number of hydrogen-bond donors (Lipinski definition) is 2. The van der Waals surface area contributed by atoms with Crippen molar-refractivity contribution in [2.75, 3.05) is 6.54 Å². The summed E-state index contributed by atoms with van der Waals surface area (Å²) in [7, 11) is 0. The number of rotatable bonds is 0. The zero-order chi connectivity index (χ0) is 3.54. The molecule has 1 fully saturated rings. The SMILES string of the molecule is C1[CH2][SnH2][NH]N1. The summed E-state index contributed by atoms with van der Waals surface area (Å²) < 4.78 is 4.67. The van der Waals surface area contributed by atoms with Crippen LogP contribution in [0.5, 0.6) is 0 Å². The molecule has 0 atom stereocenters. The molecule has 30 valence electrons. The van der Waals surface area contributed by atoms with E-state index < -0.39 is 0 Å². The van der Waals surface area contributed by atoms with E-state index in [0.29, 0.717) is 0 Å². The number of nitrogens with one attached hydrogen (secondary N) is 2. The summed E-state index contributed by atoms with van der Waals surface area (Å²) >= 11 is -0.308. The van der Waals surface area contributed by atoms with Crippen molar-refractivity contribution in [1.82, 2.24) is 9.07 Å². The Labute approximate surface area is 41.9 Å². The fourth-order valence-electron chi connectivity index (χ4n) is 0.442. The van der Waals surface area contributed by atoms with Gasteiger partial charge in [-0.05, 0) is 0 Å². The van der Waals surface area contributed by atoms with Gasteiger partial charge in [-0.2, -0.15) is 0 Å². The molecule has 1 aliphatic rings. The molecule has 0 unspecified atom stereocenters. The predicted octanol–water partition coefficient (Wildman–Crippen LogP) is -1.40. The van der Waals surface area contributed by atoms with Crippen LogP contribution >= 0.6 is 0 Å². The van der Waals surface area contributed by atoms with Gasteiger partial charge in [0, 0.05) is 0 Å². The molecule has 1 aliphatic heterocycles. The first kappa shape index (κ1) is 3.89. The van der Waals surface area contributed by atoms with Crippen LogP contribution in [-0.4, -0.2) is 28.0 Å². The van der Waals surface area contributed by atoms with Gasteiger partial charge >= 0.3 is 41.5 Å². The van der Waals surface area contributed by atoms with E-state index >= 15 is 0 Å². The van der Waals surface area contributed by atoms with Crippen LogP contribution in [0, 0.1) is 0 Å². The van der Waals surface area contributed by atoms with Crippen molar-refractivity contribution in [3.8, 4) is 0 Å². The van der Waals surface area contributed by atoms with Gasteiger partial charge in [-0.15, -0.1) is 0 Å². The molecule has 2 N–H and O–H groups in total. The molecule has 0 aromatic rings. The Morgan fingerprint density at radius 3 is 2.80 bits per heavy atom. The molecule has 0 bridgehead atoms. The van der Waals surface area contributed by atoms with Crippen molar-refractivity contribution >= 4 is 21.4 Å². The molecule has 0 aromatic carbocycles. The van der Waals surface area contributed by atoms with Crippen LogP contribution in [0.3, 0.4) is 0 Å². The second-order valence-electron chi connectivity index (χ2n) is 1.21. The molecule has 0 radical (unpaired) electrons. The zero-order valence-corrected chi connectivity index (χ0v) is 7.16. The molecule has 0 amide bonds. The monoisotopic (exact) mass is 180 g/mol. The molecule has 5 heavy (non-hydrogen) atoms. The standard InChI is InChI=1S/C2H6N2.Sn.2H/c1-2-4-3;;;/h3-4H,1-2H2;;;/q-1;+1;;. The molecule has 1 heterocycles. The molecule has 0 aliphatic carbocycles. The third-order valence-electron chi connectivity index (χ3n) is 0.729. The fraction of sp³-hybridized carbons (Fsp3) is 1.00. The first-order valence-corrected chi connectivity index (χ1v) is 6.83. The summed E-state index contributed by atoms with van der Waals surface area (Å²) in [5, 5.41) is 0. The Bertz CT molecular complexity index is 19.2. The van der Waals surface area contributed by atoms with Gasteiger partial charge in [-0.1, -0.05) is 0 Å². The van der Waals surface area contributed by atoms with Gasteiger partial charge in [0.05, 0.1) is 0 Å². The Hall–Kier alpha value is 0.719. The Kier molecular flexibility index (Phi) is 1.55. The summed E-state index contributed by atoms with van der Waals surface area (Å²) in [4.78, 5) is 0. The first-order chi connectivity index (χ1) is 2.50. The van der Waals surface area contributed by atoms with E-state index in [4.69, 9.17) is 0 Å². The molecule has 1 rings (SSSR count). The Morgan fingerprint density at radius 2 is 2.60 bits per heavy atom. The fourth-order valence-corrected chi connectivity index (χ4v) is 2.96. The van der Waals surface area contributed by atoms with Gasteiger partial charge in [-0.3, -0.25) is 0 Å². The molecule has 2 nitrogen and oxygen atoms in total. The van der Waals surface area contributed by atoms with Gasteiger partial charge in [0.15, 0.2) is 0 Å². The van der Waals surface area contributed by atoms with E-state index in [1.807, 2.05) is 0 Å². The minimum atomic E-state index is -0.308. The average molecular weight is 179 g/mol. The normalized spacial score (nSPS) is 28.8. The molecule has 0 saturated carbocycles. The summed E-state index contributed by atoms with van der Waals surface area (Å²) in [6.45, 7) is 1.23. The van der Waals surface area contributed by atoms with Crippen molar-refractivity contribution in [1.29, 1.82) is 0 Å². The van der Waals surface area contributed by atoms with Crippen LogP contribution < -0.4 is 9.07 Å². The van der Waals surface area contributed by atoms with Crippen LogP contribution in [0.15, 0.2) is 0 Å². The Balaban J connectivity index is 2.08. The second kappa shape index (κ2) is 2.00. The third-order valence-corrected chi connectivity index (χ3v) is 4.17. The van der Waals surface area contributed by atoms with E-state index in [-0.39, 0.29) is 21.4 Å². The van der Waals surface area contributed by atoms with Gasteiger partial charge in [0.2, 0.25) is 0 Å². The van der Waals surface area contributed by atoms with Crippen LogP contribution in [-0.2, 0) is 0 Å². The summed E-state index contributed by atoms with van der Waals surface area (Å²) in [6, 6.07) is 0. The van der Waals surface area contributed by atoms with Crippen molar-refractivity contribution in [2.24, 2.45) is 0 Å². The van der Waals surface area contributed by atoms with Gasteiger partial charge in [-0.25, -0.2) is 0 Å². The Morgan fingerprint density at radius 1 is 1.60 bits per heavy atom. The second-order valence-corrected chi connectivity index (χ2v) is 5.66. The topological polar surface area (TPSA) is 24.1 Å². The maximum atomic E-state index is 3.18. The van der Waals surface area contributed by atoms with Crippen LogP contribution in [0.4, 0.5) is 0 Å². The quantitative estimate of drug-likeness (QED) is 0.446. The summed E-state index contributed by atoms with van der Waals surface area (Å²) in [6.07, 6.45) is 0. The predicted molar refractivity (Wildman–Crippen MR) is 24.5 cm³/mol. The van der Waals surface area contributed by atoms with Crippen LogP contribution in [0.1, 0.15) is 0 Å². The third kappa shape index (κ3) is 1.07. The average Bonchev–Trinajstić information content (AvgIpc) is 1.76. The van der Waals surface area contributed by atoms with Crippen molar-refractivity contribution in [2.45, 2.75) is 4.44 Å². The van der Waals surface area contributed by atoms with Gasteiger partial charge in [0.25, 0.3) is 0 Å².